The van der Waals surface area contributed by atoms with E-state index >= 15 is 0 Å². The minimum Gasteiger partial charge on any atom is -0.378 e. The van der Waals surface area contributed by atoms with E-state index in [1.165, 1.54) is 6.07 Å². The van der Waals surface area contributed by atoms with Gasteiger partial charge in [-0.2, -0.15) is 0 Å². The third-order valence-electron chi connectivity index (χ3n) is 4.04. The maximum Gasteiger partial charge on any atom is 0.292 e. The molecule has 0 aliphatic rings. The summed E-state index contributed by atoms with van der Waals surface area (Å²) >= 11 is 0. The number of hydrogen-bond donors (Lipinski definition) is 2. The molecule has 6 heteroatoms. The number of nitro groups is 1. The van der Waals surface area contributed by atoms with Gasteiger partial charge in [-0.3, -0.25) is 14.9 Å². The lowest BCUT2D eigenvalue weighted by atomic mass is 10.1. The normalized spacial score (nSPS) is 10.5. The van der Waals surface area contributed by atoms with Gasteiger partial charge in [0.2, 0.25) is 5.91 Å². The number of anilines is 1. The highest BCUT2D eigenvalue weighted by Gasteiger charge is 2.11. The quantitative estimate of drug-likeness (QED) is 0.388. The third kappa shape index (κ3) is 4.36. The van der Waals surface area contributed by atoms with Crippen LogP contribution in [0, 0.1) is 10.1 Å². The van der Waals surface area contributed by atoms with Crippen molar-refractivity contribution in [2.75, 3.05) is 18.4 Å². The molecule has 2 N–H and O–H groups in total. The Morgan fingerprint density at radius 1 is 0.923 bits per heavy atom. The molecule has 1 amide bonds. The van der Waals surface area contributed by atoms with Crippen molar-refractivity contribution in [2.24, 2.45) is 0 Å². The molecule has 3 aromatic carbocycles. The Balaban J connectivity index is 1.49. The number of nitro benzene ring substituents is 1. The molecule has 0 saturated heterocycles. The summed E-state index contributed by atoms with van der Waals surface area (Å²) in [7, 11) is 0. The summed E-state index contributed by atoms with van der Waals surface area (Å²) in [6.07, 6.45) is 0.302. The Bertz CT molecular complexity index is 940. The van der Waals surface area contributed by atoms with Crippen LogP contribution >= 0.6 is 0 Å². The highest BCUT2D eigenvalue weighted by atomic mass is 16.6. The molecular formula is C20H19N3O3. The van der Waals surface area contributed by atoms with Crippen molar-refractivity contribution < 1.29 is 9.72 Å². The minimum absolute atomic E-state index is 0.0231. The van der Waals surface area contributed by atoms with Gasteiger partial charge in [0.05, 0.1) is 11.3 Å². The van der Waals surface area contributed by atoms with Gasteiger partial charge in [-0.05, 0) is 22.4 Å². The van der Waals surface area contributed by atoms with Crippen molar-refractivity contribution in [3.8, 4) is 0 Å². The number of hydrogen-bond acceptors (Lipinski definition) is 4. The predicted molar refractivity (Wildman–Crippen MR) is 102 cm³/mol. The number of benzene rings is 3. The fraction of sp³-hybridized carbons (Fsp3) is 0.150. The van der Waals surface area contributed by atoms with E-state index in [0.29, 0.717) is 25.2 Å². The van der Waals surface area contributed by atoms with Crippen LogP contribution in [0.15, 0.2) is 66.7 Å². The molecule has 6 nitrogen and oxygen atoms in total. The lowest BCUT2D eigenvalue weighted by Crippen LogP contribution is -2.30. The summed E-state index contributed by atoms with van der Waals surface area (Å²) in [5.41, 5.74) is 1.42. The van der Waals surface area contributed by atoms with Gasteiger partial charge in [0.1, 0.15) is 5.69 Å². The first kappa shape index (κ1) is 17.4. The Morgan fingerprint density at radius 3 is 2.46 bits per heavy atom. The van der Waals surface area contributed by atoms with Gasteiger partial charge in [0.25, 0.3) is 5.69 Å². The van der Waals surface area contributed by atoms with E-state index in [1.807, 2.05) is 42.5 Å². The third-order valence-corrected chi connectivity index (χ3v) is 4.04. The number of fused-ring (bicyclic) bond motifs is 1. The van der Waals surface area contributed by atoms with Crippen molar-refractivity contribution in [3.63, 3.8) is 0 Å². The molecule has 0 atom stereocenters. The van der Waals surface area contributed by atoms with Crippen LogP contribution in [0.25, 0.3) is 10.8 Å². The second kappa shape index (κ2) is 8.11. The lowest BCUT2D eigenvalue weighted by molar-refractivity contribution is -0.384. The Kier molecular flexibility index (Phi) is 5.43. The number of nitrogens with zero attached hydrogens (tertiary/aromatic N) is 1. The lowest BCUT2D eigenvalue weighted by Gasteiger charge is -2.09. The summed E-state index contributed by atoms with van der Waals surface area (Å²) in [4.78, 5) is 22.6. The van der Waals surface area contributed by atoms with E-state index in [9.17, 15) is 14.9 Å². The van der Waals surface area contributed by atoms with Crippen LogP contribution in [0.2, 0.25) is 0 Å². The average molecular weight is 349 g/mol. The summed E-state index contributed by atoms with van der Waals surface area (Å²) in [5, 5.41) is 19.0. The maximum absolute atomic E-state index is 12.1. The fourth-order valence-corrected chi connectivity index (χ4v) is 2.78. The van der Waals surface area contributed by atoms with E-state index < -0.39 is 4.92 Å². The number of carbonyl (C=O) groups excluding carboxylic acids is 1. The molecule has 0 spiro atoms. The first-order valence-electron chi connectivity index (χ1n) is 8.35. The summed E-state index contributed by atoms with van der Waals surface area (Å²) in [6, 6.07) is 20.4. The summed E-state index contributed by atoms with van der Waals surface area (Å²) in [6.45, 7) is 0.798. The molecule has 0 aliphatic carbocycles. The van der Waals surface area contributed by atoms with Crippen LogP contribution in [0.1, 0.15) is 5.56 Å². The molecule has 0 fully saturated rings. The average Bonchev–Trinajstić information content (AvgIpc) is 2.65. The SMILES string of the molecule is O=C(Cc1ccc2ccccc2c1)NCCNc1ccccc1[N+](=O)[O-]. The molecule has 3 rings (SSSR count). The molecule has 26 heavy (non-hydrogen) atoms. The number of nitrogens with one attached hydrogen (secondary N) is 2. The van der Waals surface area contributed by atoms with Gasteiger partial charge in [-0.1, -0.05) is 54.6 Å². The minimum atomic E-state index is -0.430. The zero-order valence-electron chi connectivity index (χ0n) is 14.1. The topological polar surface area (TPSA) is 84.3 Å². The Morgan fingerprint density at radius 2 is 1.65 bits per heavy atom. The summed E-state index contributed by atoms with van der Waals surface area (Å²) < 4.78 is 0. The van der Waals surface area contributed by atoms with Gasteiger partial charge in [0.15, 0.2) is 0 Å². The van der Waals surface area contributed by atoms with Gasteiger partial charge < -0.3 is 10.6 Å². The van der Waals surface area contributed by atoms with E-state index in [4.69, 9.17) is 0 Å². The zero-order valence-corrected chi connectivity index (χ0v) is 14.1. The molecule has 3 aromatic rings. The van der Waals surface area contributed by atoms with E-state index in [-0.39, 0.29) is 11.6 Å². The Labute approximate surface area is 151 Å². The number of para-hydroxylation sites is 2. The van der Waals surface area contributed by atoms with Gasteiger partial charge in [-0.25, -0.2) is 0 Å². The largest absolute Gasteiger partial charge is 0.378 e. The van der Waals surface area contributed by atoms with Crippen LogP contribution < -0.4 is 10.6 Å². The van der Waals surface area contributed by atoms with Gasteiger partial charge in [0, 0.05) is 19.2 Å². The zero-order chi connectivity index (χ0) is 18.4. The van der Waals surface area contributed by atoms with Crippen LogP contribution in [0.5, 0.6) is 0 Å². The van der Waals surface area contributed by atoms with Crippen LogP contribution in [-0.2, 0) is 11.2 Å². The van der Waals surface area contributed by atoms with E-state index in [0.717, 1.165) is 16.3 Å². The smallest absolute Gasteiger partial charge is 0.292 e. The molecule has 0 unspecified atom stereocenters. The maximum atomic E-state index is 12.1. The second-order valence-electron chi connectivity index (χ2n) is 5.91. The molecule has 0 radical (unpaired) electrons. The van der Waals surface area contributed by atoms with Crippen molar-refractivity contribution in [3.05, 3.63) is 82.4 Å². The molecule has 0 heterocycles. The van der Waals surface area contributed by atoms with Crippen molar-refractivity contribution >= 4 is 28.1 Å². The van der Waals surface area contributed by atoms with Crippen LogP contribution in [0.3, 0.4) is 0 Å². The Hall–Kier alpha value is -3.41. The molecule has 0 aromatic heterocycles. The number of rotatable bonds is 7. The first-order valence-corrected chi connectivity index (χ1v) is 8.35. The first-order chi connectivity index (χ1) is 12.6. The van der Waals surface area contributed by atoms with Gasteiger partial charge in [-0.15, -0.1) is 0 Å². The number of carbonyl (C=O) groups is 1. The predicted octanol–water partition coefficient (Wildman–Crippen LogP) is 3.52. The van der Waals surface area contributed by atoms with Crippen molar-refractivity contribution in [1.82, 2.24) is 5.32 Å². The standard InChI is InChI=1S/C20H19N3O3/c24-20(14-15-9-10-16-5-1-2-6-17(16)13-15)22-12-11-21-18-7-3-4-8-19(18)23(25)26/h1-10,13,21H,11-12,14H2,(H,22,24). The van der Waals surface area contributed by atoms with Crippen molar-refractivity contribution in [1.29, 1.82) is 0 Å². The molecule has 0 saturated carbocycles. The molecule has 0 aliphatic heterocycles. The monoisotopic (exact) mass is 349 g/mol. The summed E-state index contributed by atoms with van der Waals surface area (Å²) in [5.74, 6) is -0.0790. The highest BCUT2D eigenvalue weighted by molar-refractivity contribution is 5.85. The van der Waals surface area contributed by atoms with E-state index in [1.54, 1.807) is 18.2 Å². The molecule has 132 valence electrons. The fourth-order valence-electron chi connectivity index (χ4n) is 2.78. The highest BCUT2D eigenvalue weighted by Crippen LogP contribution is 2.22. The van der Waals surface area contributed by atoms with Crippen LogP contribution in [-0.4, -0.2) is 23.9 Å². The molecular weight excluding hydrogens is 330 g/mol. The second-order valence-corrected chi connectivity index (χ2v) is 5.91. The van der Waals surface area contributed by atoms with E-state index in [2.05, 4.69) is 10.6 Å². The molecule has 0 bridgehead atoms. The van der Waals surface area contributed by atoms with Crippen molar-refractivity contribution in [2.45, 2.75) is 6.42 Å². The van der Waals surface area contributed by atoms with Gasteiger partial charge >= 0.3 is 0 Å². The number of amides is 1. The van der Waals surface area contributed by atoms with Crippen LogP contribution in [0.4, 0.5) is 11.4 Å².